The molecule has 2 aromatic rings. The topological polar surface area (TPSA) is 0 Å². The van der Waals surface area contributed by atoms with Crippen LogP contribution >= 0.6 is 47.8 Å². The molecule has 1 atom stereocenters. The lowest BCUT2D eigenvalue weighted by atomic mass is 9.98. The van der Waals surface area contributed by atoms with Crippen molar-refractivity contribution < 1.29 is 0 Å². The summed E-state index contributed by atoms with van der Waals surface area (Å²) in [4.78, 5) is 0.341. The van der Waals surface area contributed by atoms with Gasteiger partial charge in [-0.15, -0.1) is 0 Å². The van der Waals surface area contributed by atoms with Crippen LogP contribution in [0.5, 0.6) is 0 Å². The van der Waals surface area contributed by atoms with Gasteiger partial charge in [-0.25, -0.2) is 0 Å². The zero-order valence-corrected chi connectivity index (χ0v) is 15.6. The molecule has 0 aromatic heterocycles. The van der Waals surface area contributed by atoms with Gasteiger partial charge >= 0.3 is 0 Å². The molecule has 0 amide bonds. The van der Waals surface area contributed by atoms with Crippen molar-refractivity contribution in [2.45, 2.75) is 25.1 Å². The Morgan fingerprint density at radius 3 is 2.42 bits per heavy atom. The van der Waals surface area contributed by atoms with E-state index in [0.717, 1.165) is 10.9 Å². The van der Waals surface area contributed by atoms with Crippen molar-refractivity contribution in [2.75, 3.05) is 0 Å². The molecule has 0 N–H and O–H groups in total. The maximum Gasteiger partial charge on any atom is 0.0438 e. The van der Waals surface area contributed by atoms with Gasteiger partial charge < -0.3 is 0 Å². The lowest BCUT2D eigenvalue weighted by Gasteiger charge is -2.15. The molecule has 0 bridgehead atoms. The SMILES string of the molecule is Cc1cc(C(Br)Cc2cccc(Br)c2)c(C)cc1Br. The van der Waals surface area contributed by atoms with Crippen molar-refractivity contribution in [3.05, 3.63) is 67.6 Å². The van der Waals surface area contributed by atoms with Crippen molar-refractivity contribution in [1.82, 2.24) is 0 Å². The van der Waals surface area contributed by atoms with Gasteiger partial charge in [0.15, 0.2) is 0 Å². The van der Waals surface area contributed by atoms with Crippen molar-refractivity contribution in [3.8, 4) is 0 Å². The number of benzene rings is 2. The van der Waals surface area contributed by atoms with Gasteiger partial charge in [0.05, 0.1) is 0 Å². The fraction of sp³-hybridized carbons (Fsp3) is 0.250. The first kappa shape index (κ1) is 15.3. The fourth-order valence-corrected chi connectivity index (χ4v) is 3.89. The first-order chi connectivity index (χ1) is 8.97. The Bertz CT molecular complexity index is 591. The van der Waals surface area contributed by atoms with E-state index in [4.69, 9.17) is 0 Å². The van der Waals surface area contributed by atoms with Gasteiger partial charge in [-0.05, 0) is 60.7 Å². The van der Waals surface area contributed by atoms with Crippen LogP contribution in [0.15, 0.2) is 45.3 Å². The molecule has 0 aliphatic carbocycles. The van der Waals surface area contributed by atoms with Crippen LogP contribution in [0.1, 0.15) is 27.1 Å². The van der Waals surface area contributed by atoms with Gasteiger partial charge in [0.2, 0.25) is 0 Å². The average Bonchev–Trinajstić information content (AvgIpc) is 2.33. The summed E-state index contributed by atoms with van der Waals surface area (Å²) in [6, 6.07) is 12.9. The predicted octanol–water partition coefficient (Wildman–Crippen LogP) is 6.51. The Morgan fingerprint density at radius 1 is 1.00 bits per heavy atom. The molecule has 0 nitrogen and oxygen atoms in total. The molecule has 3 heteroatoms. The van der Waals surface area contributed by atoms with Crippen LogP contribution in [0, 0.1) is 13.8 Å². The highest BCUT2D eigenvalue weighted by atomic mass is 79.9. The quantitative estimate of drug-likeness (QED) is 0.471. The minimum atomic E-state index is 0.341. The van der Waals surface area contributed by atoms with Gasteiger partial charge in [-0.2, -0.15) is 0 Å². The minimum absolute atomic E-state index is 0.341. The van der Waals surface area contributed by atoms with Crippen molar-refractivity contribution >= 4 is 47.8 Å². The number of rotatable bonds is 3. The number of halogens is 3. The molecule has 100 valence electrons. The van der Waals surface area contributed by atoms with E-state index in [1.54, 1.807) is 0 Å². The molecular formula is C16H15Br3. The minimum Gasteiger partial charge on any atom is -0.0835 e. The second kappa shape index (κ2) is 6.55. The normalized spacial score (nSPS) is 12.5. The number of hydrogen-bond acceptors (Lipinski definition) is 0. The van der Waals surface area contributed by atoms with E-state index >= 15 is 0 Å². The second-order valence-electron chi connectivity index (χ2n) is 4.76. The molecule has 0 heterocycles. The van der Waals surface area contributed by atoms with Crippen LogP contribution in [-0.2, 0) is 6.42 Å². The van der Waals surface area contributed by atoms with Crippen molar-refractivity contribution in [3.63, 3.8) is 0 Å². The van der Waals surface area contributed by atoms with E-state index in [9.17, 15) is 0 Å². The van der Waals surface area contributed by atoms with Crippen molar-refractivity contribution in [2.24, 2.45) is 0 Å². The molecule has 0 saturated heterocycles. The Kier molecular flexibility index (Phi) is 5.27. The molecule has 0 aliphatic rings. The standard InChI is InChI=1S/C16H15Br3/c1-10-7-15(18)11(2)6-14(10)16(19)9-12-4-3-5-13(17)8-12/h3-8,16H,9H2,1-2H3. The molecule has 0 radical (unpaired) electrons. The average molecular weight is 447 g/mol. The summed E-state index contributed by atoms with van der Waals surface area (Å²) in [6.07, 6.45) is 0.987. The van der Waals surface area contributed by atoms with Crippen LogP contribution in [0.3, 0.4) is 0 Å². The third-order valence-corrected chi connectivity index (χ3v) is 5.35. The van der Waals surface area contributed by atoms with E-state index in [-0.39, 0.29) is 0 Å². The summed E-state index contributed by atoms with van der Waals surface area (Å²) in [6.45, 7) is 4.29. The predicted molar refractivity (Wildman–Crippen MR) is 93.1 cm³/mol. The van der Waals surface area contributed by atoms with Crippen LogP contribution in [0.2, 0.25) is 0 Å². The summed E-state index contributed by atoms with van der Waals surface area (Å²) in [5, 5.41) is 0. The van der Waals surface area contributed by atoms with Gasteiger partial charge in [0.1, 0.15) is 0 Å². The summed E-state index contributed by atoms with van der Waals surface area (Å²) >= 11 is 10.9. The molecule has 0 fully saturated rings. The highest BCUT2D eigenvalue weighted by Crippen LogP contribution is 2.33. The molecule has 2 rings (SSSR count). The van der Waals surface area contributed by atoms with Crippen LogP contribution in [0.4, 0.5) is 0 Å². The Morgan fingerprint density at radius 2 is 1.74 bits per heavy atom. The fourth-order valence-electron chi connectivity index (χ4n) is 2.12. The maximum atomic E-state index is 3.83. The van der Waals surface area contributed by atoms with Gasteiger partial charge in [-0.3, -0.25) is 0 Å². The summed E-state index contributed by atoms with van der Waals surface area (Å²) in [7, 11) is 0. The zero-order chi connectivity index (χ0) is 14.0. The van der Waals surface area contributed by atoms with Gasteiger partial charge in [0, 0.05) is 13.8 Å². The molecule has 0 saturated carbocycles. The molecule has 2 aromatic carbocycles. The number of alkyl halides is 1. The summed E-state index contributed by atoms with van der Waals surface area (Å²) < 4.78 is 2.31. The molecule has 1 unspecified atom stereocenters. The largest absolute Gasteiger partial charge is 0.0835 e. The monoisotopic (exact) mass is 444 g/mol. The Labute approximate surface area is 140 Å². The van der Waals surface area contributed by atoms with E-state index in [0.29, 0.717) is 4.83 Å². The van der Waals surface area contributed by atoms with Gasteiger partial charge in [0.25, 0.3) is 0 Å². The molecule has 0 spiro atoms. The maximum absolute atomic E-state index is 3.83. The third-order valence-electron chi connectivity index (χ3n) is 3.19. The second-order valence-corrected chi connectivity index (χ2v) is 7.63. The number of hydrogen-bond donors (Lipinski definition) is 0. The summed E-state index contributed by atoms with van der Waals surface area (Å²) in [5.41, 5.74) is 5.28. The van der Waals surface area contributed by atoms with Crippen LogP contribution in [0.25, 0.3) is 0 Å². The van der Waals surface area contributed by atoms with Crippen molar-refractivity contribution in [1.29, 1.82) is 0 Å². The van der Waals surface area contributed by atoms with Crippen LogP contribution in [-0.4, -0.2) is 0 Å². The Hall–Kier alpha value is -0.120. The number of aryl methyl sites for hydroxylation is 2. The zero-order valence-electron chi connectivity index (χ0n) is 10.9. The highest BCUT2D eigenvalue weighted by Gasteiger charge is 2.13. The molecular weight excluding hydrogens is 432 g/mol. The smallest absolute Gasteiger partial charge is 0.0438 e. The first-order valence-corrected chi connectivity index (χ1v) is 8.62. The van der Waals surface area contributed by atoms with E-state index in [2.05, 4.69) is 98.0 Å². The highest BCUT2D eigenvalue weighted by molar-refractivity contribution is 9.10. The van der Waals surface area contributed by atoms with E-state index in [1.807, 2.05) is 0 Å². The third kappa shape index (κ3) is 3.93. The molecule has 19 heavy (non-hydrogen) atoms. The van der Waals surface area contributed by atoms with Crippen LogP contribution < -0.4 is 0 Å². The lowest BCUT2D eigenvalue weighted by Crippen LogP contribution is -1.99. The summed E-state index contributed by atoms with van der Waals surface area (Å²) in [5.74, 6) is 0. The van der Waals surface area contributed by atoms with E-state index in [1.165, 1.54) is 26.7 Å². The lowest BCUT2D eigenvalue weighted by molar-refractivity contribution is 0.934. The van der Waals surface area contributed by atoms with Gasteiger partial charge in [-0.1, -0.05) is 66.0 Å². The molecule has 0 aliphatic heterocycles. The van der Waals surface area contributed by atoms with E-state index < -0.39 is 0 Å². The first-order valence-electron chi connectivity index (χ1n) is 6.12. The Balaban J connectivity index is 2.25.